The molecule has 1 saturated heterocycles. The van der Waals surface area contributed by atoms with Crippen LogP contribution in [-0.4, -0.2) is 50.1 Å². The third-order valence-electron chi connectivity index (χ3n) is 4.34. The second kappa shape index (κ2) is 6.77. The van der Waals surface area contributed by atoms with Gasteiger partial charge in [-0.05, 0) is 0 Å². The molecule has 0 bridgehead atoms. The molecule has 0 spiro atoms. The van der Waals surface area contributed by atoms with E-state index in [4.69, 9.17) is 0 Å². The quantitative estimate of drug-likeness (QED) is 0.778. The van der Waals surface area contributed by atoms with Crippen LogP contribution >= 0.6 is 11.3 Å². The van der Waals surface area contributed by atoms with E-state index < -0.39 is 0 Å². The molecule has 0 N–H and O–H groups in total. The van der Waals surface area contributed by atoms with E-state index in [9.17, 15) is 9.59 Å². The number of nitrogens with zero attached hydrogens (tertiary/aromatic N) is 5. The largest absolute Gasteiger partial charge is 0.330 e. The summed E-state index contributed by atoms with van der Waals surface area (Å²) in [7, 11) is 3.22. The molecular weight excluding hydrogens is 314 g/mol. The second-order valence-corrected chi connectivity index (χ2v) is 6.63. The number of thiazole rings is 1. The first-order chi connectivity index (χ1) is 11.0. The van der Waals surface area contributed by atoms with Gasteiger partial charge in [0.2, 0.25) is 0 Å². The Morgan fingerprint density at radius 3 is 2.30 bits per heavy atom. The van der Waals surface area contributed by atoms with Crippen molar-refractivity contribution in [3.63, 3.8) is 0 Å². The fourth-order valence-corrected chi connectivity index (χ4v) is 3.36. The van der Waals surface area contributed by atoms with E-state index in [1.807, 2.05) is 5.51 Å². The van der Waals surface area contributed by atoms with Crippen molar-refractivity contribution < 1.29 is 0 Å². The molecule has 1 aliphatic heterocycles. The summed E-state index contributed by atoms with van der Waals surface area (Å²) in [4.78, 5) is 32.8. The van der Waals surface area contributed by atoms with Gasteiger partial charge >= 0.3 is 5.69 Å². The van der Waals surface area contributed by atoms with Gasteiger partial charge in [-0.1, -0.05) is 0 Å². The molecule has 0 aromatic carbocycles. The standard InChI is InChI=1S/C15H21N5O2S/c1-17-13(7-14(21)18(2)15(17)22)9-20-5-3-19(4-6-20)8-12-10-23-11-16-12/h7,10-11H,3-6,8-9H2,1-2H3. The molecular formula is C15H21N5O2S. The number of piperazine rings is 1. The van der Waals surface area contributed by atoms with Crippen LogP contribution in [0.25, 0.3) is 0 Å². The highest BCUT2D eigenvalue weighted by Crippen LogP contribution is 2.10. The van der Waals surface area contributed by atoms with Crippen molar-refractivity contribution in [2.75, 3.05) is 26.2 Å². The molecule has 2 aromatic rings. The molecule has 3 rings (SSSR count). The first-order valence-corrected chi connectivity index (χ1v) is 8.56. The maximum Gasteiger partial charge on any atom is 0.330 e. The van der Waals surface area contributed by atoms with E-state index in [0.29, 0.717) is 6.54 Å². The lowest BCUT2D eigenvalue weighted by Gasteiger charge is -2.34. The predicted molar refractivity (Wildman–Crippen MR) is 89.6 cm³/mol. The molecule has 0 saturated carbocycles. The van der Waals surface area contributed by atoms with Crippen LogP contribution in [-0.2, 0) is 27.2 Å². The van der Waals surface area contributed by atoms with Crippen LogP contribution in [0.15, 0.2) is 26.5 Å². The predicted octanol–water partition coefficient (Wildman–Crippen LogP) is -0.142. The van der Waals surface area contributed by atoms with Gasteiger partial charge in [0.25, 0.3) is 5.56 Å². The van der Waals surface area contributed by atoms with Crippen molar-refractivity contribution in [3.05, 3.63) is 49.2 Å². The minimum absolute atomic E-state index is 0.245. The first kappa shape index (κ1) is 16.1. The summed E-state index contributed by atoms with van der Waals surface area (Å²) < 4.78 is 2.69. The normalized spacial score (nSPS) is 16.8. The van der Waals surface area contributed by atoms with E-state index >= 15 is 0 Å². The maximum absolute atomic E-state index is 12.0. The second-order valence-electron chi connectivity index (χ2n) is 5.91. The lowest BCUT2D eigenvalue weighted by Crippen LogP contribution is -2.46. The summed E-state index contributed by atoms with van der Waals surface area (Å²) in [6.07, 6.45) is 0. The molecule has 7 nitrogen and oxygen atoms in total. The van der Waals surface area contributed by atoms with Crippen molar-refractivity contribution in [1.82, 2.24) is 23.9 Å². The van der Waals surface area contributed by atoms with E-state index in [1.165, 1.54) is 7.05 Å². The highest BCUT2D eigenvalue weighted by Gasteiger charge is 2.19. The Hall–Kier alpha value is -1.77. The summed E-state index contributed by atoms with van der Waals surface area (Å²) in [6.45, 7) is 5.31. The van der Waals surface area contributed by atoms with E-state index in [2.05, 4.69) is 20.2 Å². The molecule has 0 unspecified atom stereocenters. The zero-order valence-corrected chi connectivity index (χ0v) is 14.3. The minimum atomic E-state index is -0.269. The molecule has 0 radical (unpaired) electrons. The average Bonchev–Trinajstić information content (AvgIpc) is 3.05. The highest BCUT2D eigenvalue weighted by molar-refractivity contribution is 7.07. The molecule has 1 aliphatic rings. The Kier molecular flexibility index (Phi) is 4.74. The van der Waals surface area contributed by atoms with Gasteiger partial charge in [-0.2, -0.15) is 0 Å². The molecule has 0 amide bonds. The molecule has 0 aliphatic carbocycles. The maximum atomic E-state index is 12.0. The fraction of sp³-hybridized carbons (Fsp3) is 0.533. The average molecular weight is 335 g/mol. The van der Waals surface area contributed by atoms with Crippen LogP contribution < -0.4 is 11.2 Å². The SMILES string of the molecule is Cn1c(CN2CCN(Cc3cscn3)CC2)cc(=O)n(C)c1=O. The van der Waals surface area contributed by atoms with Gasteiger partial charge in [-0.3, -0.25) is 23.7 Å². The van der Waals surface area contributed by atoms with E-state index in [0.717, 1.165) is 48.7 Å². The van der Waals surface area contributed by atoms with Crippen LogP contribution in [0.4, 0.5) is 0 Å². The number of hydrogen-bond acceptors (Lipinski definition) is 6. The molecule has 23 heavy (non-hydrogen) atoms. The van der Waals surface area contributed by atoms with Crippen molar-refractivity contribution in [3.8, 4) is 0 Å². The monoisotopic (exact) mass is 335 g/mol. The van der Waals surface area contributed by atoms with Crippen LogP contribution in [0.1, 0.15) is 11.4 Å². The summed E-state index contributed by atoms with van der Waals surface area (Å²) >= 11 is 1.62. The van der Waals surface area contributed by atoms with Gasteiger partial charge in [0.05, 0.1) is 11.2 Å². The molecule has 2 aromatic heterocycles. The minimum Gasteiger partial charge on any atom is -0.299 e. The summed E-state index contributed by atoms with van der Waals surface area (Å²) in [5.74, 6) is 0. The molecule has 1 fully saturated rings. The van der Waals surface area contributed by atoms with Crippen LogP contribution in [0.5, 0.6) is 0 Å². The van der Waals surface area contributed by atoms with Gasteiger partial charge in [-0.15, -0.1) is 11.3 Å². The zero-order valence-electron chi connectivity index (χ0n) is 13.4. The van der Waals surface area contributed by atoms with Gasteiger partial charge < -0.3 is 0 Å². The lowest BCUT2D eigenvalue weighted by molar-refractivity contribution is 0.119. The van der Waals surface area contributed by atoms with Gasteiger partial charge in [0, 0.05) is 70.5 Å². The number of hydrogen-bond donors (Lipinski definition) is 0. The third kappa shape index (κ3) is 3.60. The first-order valence-electron chi connectivity index (χ1n) is 7.62. The Morgan fingerprint density at radius 1 is 1.04 bits per heavy atom. The smallest absolute Gasteiger partial charge is 0.299 e. The van der Waals surface area contributed by atoms with Crippen molar-refractivity contribution in [2.24, 2.45) is 14.1 Å². The molecule has 8 heteroatoms. The topological polar surface area (TPSA) is 63.4 Å². The van der Waals surface area contributed by atoms with Crippen molar-refractivity contribution >= 4 is 11.3 Å². The Morgan fingerprint density at radius 2 is 1.70 bits per heavy atom. The van der Waals surface area contributed by atoms with E-state index in [1.54, 1.807) is 29.0 Å². The Bertz CT molecular complexity index is 772. The highest BCUT2D eigenvalue weighted by atomic mass is 32.1. The van der Waals surface area contributed by atoms with Gasteiger partial charge in [-0.25, -0.2) is 9.78 Å². The molecule has 3 heterocycles. The summed E-state index contributed by atoms with van der Waals surface area (Å²) in [5.41, 5.74) is 3.24. The van der Waals surface area contributed by atoms with Crippen molar-refractivity contribution in [2.45, 2.75) is 13.1 Å². The summed E-state index contributed by atoms with van der Waals surface area (Å²) in [6, 6.07) is 1.56. The third-order valence-corrected chi connectivity index (χ3v) is 4.98. The van der Waals surface area contributed by atoms with E-state index in [-0.39, 0.29) is 11.2 Å². The van der Waals surface area contributed by atoms with Crippen LogP contribution in [0.3, 0.4) is 0 Å². The summed E-state index contributed by atoms with van der Waals surface area (Å²) in [5, 5.41) is 2.09. The number of aromatic nitrogens is 3. The number of rotatable bonds is 4. The molecule has 124 valence electrons. The Balaban J connectivity index is 1.61. The Labute approximate surface area is 138 Å². The van der Waals surface area contributed by atoms with Gasteiger partial charge in [0.1, 0.15) is 0 Å². The lowest BCUT2D eigenvalue weighted by atomic mass is 10.2. The molecule has 0 atom stereocenters. The zero-order chi connectivity index (χ0) is 16.4. The van der Waals surface area contributed by atoms with Crippen LogP contribution in [0, 0.1) is 0 Å². The van der Waals surface area contributed by atoms with Crippen molar-refractivity contribution in [1.29, 1.82) is 0 Å². The fourth-order valence-electron chi connectivity index (χ4n) is 2.81. The van der Waals surface area contributed by atoms with Gasteiger partial charge in [0.15, 0.2) is 0 Å². The van der Waals surface area contributed by atoms with Crippen LogP contribution in [0.2, 0.25) is 0 Å².